The standard InChI is InChI=1S/C25H28ClNO5/c26-20-3-1-4-21(17-20)32-14-2-9-24(12-15-31-16-13-24)23(30)27-25(10-11-25)19-7-5-18(6-8-19)22(28)29/h1,3-8,17H,2,9-16H2,(H,27,30)(H,28,29). The highest BCUT2D eigenvalue weighted by atomic mass is 35.5. The van der Waals surface area contributed by atoms with E-state index in [2.05, 4.69) is 5.32 Å². The molecule has 1 saturated heterocycles. The second kappa shape index (κ2) is 9.51. The van der Waals surface area contributed by atoms with E-state index in [1.54, 1.807) is 24.3 Å². The number of carbonyl (C=O) groups excluding carboxylic acids is 1. The van der Waals surface area contributed by atoms with E-state index in [1.165, 1.54) is 0 Å². The summed E-state index contributed by atoms with van der Waals surface area (Å²) in [6.07, 6.45) is 4.55. The maximum atomic E-state index is 13.5. The quantitative estimate of drug-likeness (QED) is 0.528. The fourth-order valence-corrected chi connectivity index (χ4v) is 4.58. The molecule has 0 atom stereocenters. The average molecular weight is 458 g/mol. The fourth-order valence-electron chi connectivity index (χ4n) is 4.40. The lowest BCUT2D eigenvalue weighted by molar-refractivity contribution is -0.138. The van der Waals surface area contributed by atoms with Crippen molar-refractivity contribution < 1.29 is 24.2 Å². The first-order valence-corrected chi connectivity index (χ1v) is 11.4. The number of halogens is 1. The zero-order valence-corrected chi connectivity index (χ0v) is 18.7. The smallest absolute Gasteiger partial charge is 0.335 e. The van der Waals surface area contributed by atoms with Gasteiger partial charge in [0.2, 0.25) is 5.91 Å². The monoisotopic (exact) mass is 457 g/mol. The molecule has 2 fully saturated rings. The van der Waals surface area contributed by atoms with Gasteiger partial charge in [0.1, 0.15) is 5.75 Å². The Morgan fingerprint density at radius 3 is 2.41 bits per heavy atom. The van der Waals surface area contributed by atoms with Gasteiger partial charge in [-0.3, -0.25) is 4.79 Å². The van der Waals surface area contributed by atoms with Crippen LogP contribution in [0, 0.1) is 5.41 Å². The van der Waals surface area contributed by atoms with Gasteiger partial charge in [-0.15, -0.1) is 0 Å². The largest absolute Gasteiger partial charge is 0.494 e. The van der Waals surface area contributed by atoms with Crippen molar-refractivity contribution in [2.45, 2.75) is 44.1 Å². The molecule has 1 aliphatic heterocycles. The van der Waals surface area contributed by atoms with E-state index in [4.69, 9.17) is 26.2 Å². The van der Waals surface area contributed by atoms with E-state index in [0.29, 0.717) is 37.7 Å². The van der Waals surface area contributed by atoms with Crippen LogP contribution in [0.4, 0.5) is 0 Å². The summed E-state index contributed by atoms with van der Waals surface area (Å²) in [4.78, 5) is 24.7. The van der Waals surface area contributed by atoms with E-state index >= 15 is 0 Å². The Balaban J connectivity index is 1.39. The number of amides is 1. The van der Waals surface area contributed by atoms with Crippen molar-refractivity contribution in [3.05, 3.63) is 64.7 Å². The molecule has 2 aromatic carbocycles. The molecular formula is C25H28ClNO5. The minimum atomic E-state index is -0.952. The number of hydrogen-bond acceptors (Lipinski definition) is 4. The minimum Gasteiger partial charge on any atom is -0.494 e. The van der Waals surface area contributed by atoms with Crippen molar-refractivity contribution in [2.24, 2.45) is 5.41 Å². The third-order valence-electron chi connectivity index (χ3n) is 6.58. The predicted molar refractivity (Wildman–Crippen MR) is 121 cm³/mol. The lowest BCUT2D eigenvalue weighted by Gasteiger charge is -2.37. The van der Waals surface area contributed by atoms with E-state index in [9.17, 15) is 9.59 Å². The summed E-state index contributed by atoms with van der Waals surface area (Å²) in [6, 6.07) is 14.1. The Kier molecular flexibility index (Phi) is 6.72. The maximum absolute atomic E-state index is 13.5. The summed E-state index contributed by atoms with van der Waals surface area (Å²) in [5, 5.41) is 13.1. The molecule has 0 unspecified atom stereocenters. The molecule has 4 rings (SSSR count). The molecule has 1 amide bonds. The molecule has 1 saturated carbocycles. The van der Waals surface area contributed by atoms with Crippen LogP contribution in [0.1, 0.15) is 54.4 Å². The Bertz CT molecular complexity index is 965. The van der Waals surface area contributed by atoms with Crippen LogP contribution >= 0.6 is 11.6 Å². The molecule has 1 aliphatic carbocycles. The van der Waals surface area contributed by atoms with Gasteiger partial charge >= 0.3 is 5.97 Å². The number of ether oxygens (including phenoxy) is 2. The van der Waals surface area contributed by atoms with Gasteiger partial charge in [0, 0.05) is 18.2 Å². The van der Waals surface area contributed by atoms with Gasteiger partial charge in [-0.2, -0.15) is 0 Å². The molecule has 2 aliphatic rings. The predicted octanol–water partition coefficient (Wildman–Crippen LogP) is 4.80. The number of carboxylic acid groups (broad SMARTS) is 1. The molecule has 6 nitrogen and oxygen atoms in total. The van der Waals surface area contributed by atoms with Gasteiger partial charge in [-0.25, -0.2) is 4.79 Å². The zero-order valence-electron chi connectivity index (χ0n) is 17.9. The molecule has 0 bridgehead atoms. The second-order valence-electron chi connectivity index (χ2n) is 8.72. The van der Waals surface area contributed by atoms with Crippen molar-refractivity contribution in [1.29, 1.82) is 0 Å². The van der Waals surface area contributed by atoms with Gasteiger partial charge < -0.3 is 19.9 Å². The highest BCUT2D eigenvalue weighted by Gasteiger charge is 2.49. The number of carbonyl (C=O) groups is 2. The molecule has 1 heterocycles. The molecule has 0 radical (unpaired) electrons. The summed E-state index contributed by atoms with van der Waals surface area (Å²) < 4.78 is 11.4. The lowest BCUT2D eigenvalue weighted by Crippen LogP contribution is -2.48. The van der Waals surface area contributed by atoms with E-state index in [1.807, 2.05) is 24.3 Å². The summed E-state index contributed by atoms with van der Waals surface area (Å²) in [7, 11) is 0. The molecule has 170 valence electrons. The third-order valence-corrected chi connectivity index (χ3v) is 6.82. The topological polar surface area (TPSA) is 84.9 Å². The third kappa shape index (κ3) is 5.08. The summed E-state index contributed by atoms with van der Waals surface area (Å²) in [5.41, 5.74) is 0.335. The van der Waals surface area contributed by atoms with Crippen molar-refractivity contribution in [3.63, 3.8) is 0 Å². The zero-order chi connectivity index (χ0) is 22.6. The van der Waals surface area contributed by atoms with Crippen LogP contribution in [-0.4, -0.2) is 36.8 Å². The lowest BCUT2D eigenvalue weighted by atomic mass is 9.75. The first-order valence-electron chi connectivity index (χ1n) is 11.1. The second-order valence-corrected chi connectivity index (χ2v) is 9.16. The number of nitrogens with one attached hydrogen (secondary N) is 1. The van der Waals surface area contributed by atoms with Crippen molar-refractivity contribution >= 4 is 23.5 Å². The number of aromatic carboxylic acids is 1. The van der Waals surface area contributed by atoms with Crippen molar-refractivity contribution in [3.8, 4) is 5.75 Å². The molecule has 7 heteroatoms. The van der Waals surface area contributed by atoms with Crippen LogP contribution in [-0.2, 0) is 15.1 Å². The minimum absolute atomic E-state index is 0.0587. The highest BCUT2D eigenvalue weighted by Crippen LogP contribution is 2.47. The Morgan fingerprint density at radius 1 is 1.06 bits per heavy atom. The van der Waals surface area contributed by atoms with Gasteiger partial charge in [0.05, 0.1) is 23.1 Å². The van der Waals surface area contributed by atoms with Gasteiger partial charge in [-0.1, -0.05) is 29.8 Å². The van der Waals surface area contributed by atoms with E-state index < -0.39 is 16.9 Å². The normalized spacial score (nSPS) is 18.5. The van der Waals surface area contributed by atoms with Crippen LogP contribution < -0.4 is 10.1 Å². The molecule has 2 N–H and O–H groups in total. The average Bonchev–Trinajstić information content (AvgIpc) is 3.58. The number of rotatable bonds is 9. The van der Waals surface area contributed by atoms with Crippen LogP contribution in [0.2, 0.25) is 5.02 Å². The van der Waals surface area contributed by atoms with Crippen LogP contribution in [0.15, 0.2) is 48.5 Å². The first kappa shape index (κ1) is 22.6. The van der Waals surface area contributed by atoms with Gasteiger partial charge in [0.25, 0.3) is 0 Å². The number of hydrogen-bond donors (Lipinski definition) is 2. The Hall–Kier alpha value is -2.57. The molecule has 0 aromatic heterocycles. The summed E-state index contributed by atoms with van der Waals surface area (Å²) >= 11 is 6.01. The van der Waals surface area contributed by atoms with Crippen molar-refractivity contribution in [2.75, 3.05) is 19.8 Å². The van der Waals surface area contributed by atoms with Gasteiger partial charge in [0.15, 0.2) is 0 Å². The van der Waals surface area contributed by atoms with Crippen molar-refractivity contribution in [1.82, 2.24) is 5.32 Å². The molecule has 32 heavy (non-hydrogen) atoms. The fraction of sp³-hybridized carbons (Fsp3) is 0.440. The van der Waals surface area contributed by atoms with Crippen LogP contribution in [0.3, 0.4) is 0 Å². The van der Waals surface area contributed by atoms with E-state index in [0.717, 1.165) is 37.0 Å². The molecule has 2 aromatic rings. The Morgan fingerprint density at radius 2 is 1.78 bits per heavy atom. The maximum Gasteiger partial charge on any atom is 0.335 e. The molecule has 0 spiro atoms. The SMILES string of the molecule is O=C(O)c1ccc(C2(NC(=O)C3(CCCOc4cccc(Cl)c4)CCOCC3)CC2)cc1. The van der Waals surface area contributed by atoms with Crippen LogP contribution in [0.25, 0.3) is 0 Å². The number of carboxylic acids is 1. The number of benzene rings is 2. The Labute approximate surface area is 192 Å². The summed E-state index contributed by atoms with van der Waals surface area (Å²) in [5.74, 6) is -0.167. The highest BCUT2D eigenvalue weighted by molar-refractivity contribution is 6.30. The molecular weight excluding hydrogens is 430 g/mol. The first-order chi connectivity index (χ1) is 15.4. The van der Waals surface area contributed by atoms with E-state index in [-0.39, 0.29) is 11.5 Å². The van der Waals surface area contributed by atoms with Gasteiger partial charge in [-0.05, 0) is 74.4 Å². The summed E-state index contributed by atoms with van der Waals surface area (Å²) in [6.45, 7) is 1.66. The van der Waals surface area contributed by atoms with Crippen LogP contribution in [0.5, 0.6) is 5.75 Å².